The number of imidazole rings is 1. The van der Waals surface area contributed by atoms with E-state index in [0.29, 0.717) is 0 Å². The van der Waals surface area contributed by atoms with Crippen LogP contribution >= 0.6 is 11.3 Å². The average Bonchev–Trinajstić information content (AvgIpc) is 2.80. The van der Waals surface area contributed by atoms with E-state index >= 15 is 0 Å². The highest BCUT2D eigenvalue weighted by Gasteiger charge is 2.10. The Morgan fingerprint density at radius 3 is 2.89 bits per heavy atom. The third kappa shape index (κ3) is 3.12. The van der Waals surface area contributed by atoms with Gasteiger partial charge in [-0.1, -0.05) is 26.2 Å². The molecule has 0 radical (unpaired) electrons. The van der Waals surface area contributed by atoms with Crippen LogP contribution in [0.15, 0.2) is 6.20 Å². The zero-order chi connectivity index (χ0) is 13.0. The zero-order valence-corrected chi connectivity index (χ0v) is 12.4. The van der Waals surface area contributed by atoms with Gasteiger partial charge in [-0.05, 0) is 26.8 Å². The summed E-state index contributed by atoms with van der Waals surface area (Å²) in [4.78, 5) is 7.04. The summed E-state index contributed by atoms with van der Waals surface area (Å²) in [5, 5.41) is 3.53. The van der Waals surface area contributed by atoms with E-state index in [0.717, 1.165) is 23.7 Å². The molecule has 0 bridgehead atoms. The van der Waals surface area contributed by atoms with Crippen LogP contribution in [0, 0.1) is 13.8 Å². The number of fused-ring (bicyclic) bond motifs is 1. The highest BCUT2D eigenvalue weighted by molar-refractivity contribution is 7.17. The number of hydrogen-bond acceptors (Lipinski definition) is 3. The molecule has 18 heavy (non-hydrogen) atoms. The molecule has 4 heteroatoms. The van der Waals surface area contributed by atoms with E-state index in [2.05, 4.69) is 41.7 Å². The minimum atomic E-state index is 0.926. The standard InChI is InChI=1S/C14H23N3S/c1-4-5-6-7-8-15-9-13-12(3)16-14-17(13)10-11(2)18-14/h10,15H,4-9H2,1-3H3. The lowest BCUT2D eigenvalue weighted by Gasteiger charge is -2.04. The molecule has 0 amide bonds. The van der Waals surface area contributed by atoms with Gasteiger partial charge in [-0.3, -0.25) is 4.40 Å². The molecule has 0 aliphatic heterocycles. The van der Waals surface area contributed by atoms with Crippen molar-refractivity contribution < 1.29 is 0 Å². The molecule has 2 rings (SSSR count). The molecule has 0 spiro atoms. The zero-order valence-electron chi connectivity index (χ0n) is 11.6. The average molecular weight is 265 g/mol. The van der Waals surface area contributed by atoms with Gasteiger partial charge >= 0.3 is 0 Å². The van der Waals surface area contributed by atoms with Crippen molar-refractivity contribution in [2.75, 3.05) is 6.54 Å². The summed E-state index contributed by atoms with van der Waals surface area (Å²) in [6, 6.07) is 0. The molecule has 0 aromatic carbocycles. The van der Waals surface area contributed by atoms with E-state index < -0.39 is 0 Å². The predicted octanol–water partition coefficient (Wildman–Crippen LogP) is 3.68. The molecule has 0 fully saturated rings. The van der Waals surface area contributed by atoms with Gasteiger partial charge in [0.2, 0.25) is 0 Å². The molecule has 0 atom stereocenters. The van der Waals surface area contributed by atoms with Crippen molar-refractivity contribution in [3.05, 3.63) is 22.5 Å². The SMILES string of the molecule is CCCCCCNCc1c(C)nc2sc(C)cn12. The van der Waals surface area contributed by atoms with Gasteiger partial charge in [0.25, 0.3) is 0 Å². The Morgan fingerprint density at radius 1 is 1.28 bits per heavy atom. The van der Waals surface area contributed by atoms with Gasteiger partial charge in [0.05, 0.1) is 11.4 Å². The normalized spacial score (nSPS) is 11.5. The van der Waals surface area contributed by atoms with Crippen LogP contribution in [-0.4, -0.2) is 15.9 Å². The van der Waals surface area contributed by atoms with Gasteiger partial charge in [0.15, 0.2) is 4.96 Å². The van der Waals surface area contributed by atoms with E-state index in [1.54, 1.807) is 11.3 Å². The molecule has 0 saturated heterocycles. The topological polar surface area (TPSA) is 29.3 Å². The second-order valence-corrected chi connectivity index (χ2v) is 6.09. The first kappa shape index (κ1) is 13.6. The Morgan fingerprint density at radius 2 is 2.11 bits per heavy atom. The summed E-state index contributed by atoms with van der Waals surface area (Å²) in [5.74, 6) is 0. The van der Waals surface area contributed by atoms with Gasteiger partial charge in [0, 0.05) is 17.6 Å². The highest BCUT2D eigenvalue weighted by atomic mass is 32.1. The summed E-state index contributed by atoms with van der Waals surface area (Å²) in [7, 11) is 0. The number of rotatable bonds is 7. The highest BCUT2D eigenvalue weighted by Crippen LogP contribution is 2.20. The van der Waals surface area contributed by atoms with Crippen LogP contribution < -0.4 is 5.32 Å². The predicted molar refractivity (Wildman–Crippen MR) is 78.4 cm³/mol. The van der Waals surface area contributed by atoms with Crippen LogP contribution in [0.4, 0.5) is 0 Å². The summed E-state index contributed by atoms with van der Waals surface area (Å²) >= 11 is 1.76. The van der Waals surface area contributed by atoms with Crippen molar-refractivity contribution in [2.24, 2.45) is 0 Å². The summed E-state index contributed by atoms with van der Waals surface area (Å²) in [5.41, 5.74) is 2.46. The third-order valence-electron chi connectivity index (χ3n) is 3.24. The fraction of sp³-hybridized carbons (Fsp3) is 0.643. The molecule has 1 N–H and O–H groups in total. The molecule has 100 valence electrons. The lowest BCUT2D eigenvalue weighted by atomic mass is 10.2. The molecule has 3 nitrogen and oxygen atoms in total. The van der Waals surface area contributed by atoms with Crippen molar-refractivity contribution in [3.8, 4) is 0 Å². The maximum absolute atomic E-state index is 4.60. The van der Waals surface area contributed by atoms with E-state index in [-0.39, 0.29) is 0 Å². The smallest absolute Gasteiger partial charge is 0.194 e. The second kappa shape index (κ2) is 6.34. The first-order chi connectivity index (χ1) is 8.72. The molecular formula is C14H23N3S. The van der Waals surface area contributed by atoms with Gasteiger partial charge in [0.1, 0.15) is 0 Å². The largest absolute Gasteiger partial charge is 0.311 e. The molecule has 2 heterocycles. The van der Waals surface area contributed by atoms with Crippen LogP contribution in [0.25, 0.3) is 4.96 Å². The molecule has 0 aliphatic carbocycles. The van der Waals surface area contributed by atoms with Crippen molar-refractivity contribution in [1.29, 1.82) is 0 Å². The van der Waals surface area contributed by atoms with Gasteiger partial charge in [-0.25, -0.2) is 4.98 Å². The molecule has 0 aliphatic rings. The fourth-order valence-electron chi connectivity index (χ4n) is 2.21. The maximum atomic E-state index is 4.60. The third-order valence-corrected chi connectivity index (χ3v) is 4.14. The number of aryl methyl sites for hydroxylation is 2. The number of thiazole rings is 1. The monoisotopic (exact) mass is 265 g/mol. The van der Waals surface area contributed by atoms with Crippen molar-refractivity contribution in [2.45, 2.75) is 53.0 Å². The summed E-state index contributed by atoms with van der Waals surface area (Å²) in [6.45, 7) is 8.52. The molecule has 2 aromatic rings. The van der Waals surface area contributed by atoms with Crippen LogP contribution in [0.5, 0.6) is 0 Å². The molecule has 2 aromatic heterocycles. The molecule has 0 saturated carbocycles. The summed E-state index contributed by atoms with van der Waals surface area (Å²) < 4.78 is 2.23. The minimum Gasteiger partial charge on any atom is -0.311 e. The molecule has 0 unspecified atom stereocenters. The maximum Gasteiger partial charge on any atom is 0.194 e. The Hall–Kier alpha value is -0.870. The Labute approximate surface area is 113 Å². The van der Waals surface area contributed by atoms with Crippen molar-refractivity contribution in [1.82, 2.24) is 14.7 Å². The van der Waals surface area contributed by atoms with Gasteiger partial charge < -0.3 is 5.32 Å². The molecular weight excluding hydrogens is 242 g/mol. The van der Waals surface area contributed by atoms with Crippen LogP contribution in [-0.2, 0) is 6.54 Å². The number of nitrogens with zero attached hydrogens (tertiary/aromatic N) is 2. The van der Waals surface area contributed by atoms with Gasteiger partial charge in [-0.2, -0.15) is 0 Å². The van der Waals surface area contributed by atoms with Crippen LogP contribution in [0.1, 0.15) is 48.9 Å². The van der Waals surface area contributed by atoms with E-state index in [1.807, 2.05) is 0 Å². The Bertz CT molecular complexity index is 498. The van der Waals surface area contributed by atoms with Crippen molar-refractivity contribution in [3.63, 3.8) is 0 Å². The number of nitrogens with one attached hydrogen (secondary N) is 1. The lowest BCUT2D eigenvalue weighted by molar-refractivity contribution is 0.591. The Kier molecular flexibility index (Phi) is 4.78. The number of unbranched alkanes of at least 4 members (excludes halogenated alkanes) is 3. The fourth-order valence-corrected chi connectivity index (χ4v) is 3.10. The number of hydrogen-bond donors (Lipinski definition) is 1. The first-order valence-corrected chi connectivity index (χ1v) is 7.68. The van der Waals surface area contributed by atoms with Crippen molar-refractivity contribution >= 4 is 16.3 Å². The quantitative estimate of drug-likeness (QED) is 0.774. The minimum absolute atomic E-state index is 0.926. The number of aromatic nitrogens is 2. The first-order valence-electron chi connectivity index (χ1n) is 6.87. The lowest BCUT2D eigenvalue weighted by Crippen LogP contribution is -2.16. The van der Waals surface area contributed by atoms with E-state index in [1.165, 1.54) is 36.3 Å². The van der Waals surface area contributed by atoms with E-state index in [4.69, 9.17) is 0 Å². The van der Waals surface area contributed by atoms with Crippen LogP contribution in [0.3, 0.4) is 0 Å². The van der Waals surface area contributed by atoms with Gasteiger partial charge in [-0.15, -0.1) is 11.3 Å². The van der Waals surface area contributed by atoms with Crippen LogP contribution in [0.2, 0.25) is 0 Å². The Balaban J connectivity index is 1.88. The summed E-state index contributed by atoms with van der Waals surface area (Å²) in [6.07, 6.45) is 7.45. The van der Waals surface area contributed by atoms with E-state index in [9.17, 15) is 0 Å². The second-order valence-electron chi connectivity index (χ2n) is 4.88.